The Labute approximate surface area is 175 Å². The zero-order chi connectivity index (χ0) is 21.5. The lowest BCUT2D eigenvalue weighted by Crippen LogP contribution is -2.22. The van der Waals surface area contributed by atoms with Gasteiger partial charge in [0.05, 0.1) is 5.56 Å². The summed E-state index contributed by atoms with van der Waals surface area (Å²) in [5.41, 5.74) is 3.67. The summed E-state index contributed by atoms with van der Waals surface area (Å²) in [5, 5.41) is 2.69. The zero-order valence-corrected chi connectivity index (χ0v) is 17.0. The van der Waals surface area contributed by atoms with Crippen molar-refractivity contribution in [3.8, 4) is 0 Å². The Morgan fingerprint density at radius 1 is 0.833 bits per heavy atom. The Bertz CT molecular complexity index is 1050. The highest BCUT2D eigenvalue weighted by atomic mass is 16.5. The summed E-state index contributed by atoms with van der Waals surface area (Å²) in [5.74, 6) is -1.44. The fraction of sp³-hybridized carbons (Fsp3) is 0.160. The molecule has 0 aromatic heterocycles. The van der Waals surface area contributed by atoms with Crippen molar-refractivity contribution in [1.29, 1.82) is 0 Å². The molecule has 152 valence electrons. The Morgan fingerprint density at radius 3 is 2.10 bits per heavy atom. The lowest BCUT2D eigenvalue weighted by molar-refractivity contribution is -0.119. The van der Waals surface area contributed by atoms with Gasteiger partial charge >= 0.3 is 5.97 Å². The fourth-order valence-electron chi connectivity index (χ4n) is 2.95. The van der Waals surface area contributed by atoms with Crippen LogP contribution < -0.4 is 5.32 Å². The molecule has 3 aromatic carbocycles. The summed E-state index contributed by atoms with van der Waals surface area (Å²) < 4.78 is 5.15. The third kappa shape index (κ3) is 5.20. The predicted molar refractivity (Wildman–Crippen MR) is 116 cm³/mol. The van der Waals surface area contributed by atoms with E-state index in [1.807, 2.05) is 31.2 Å². The van der Waals surface area contributed by atoms with Crippen molar-refractivity contribution in [1.82, 2.24) is 0 Å². The van der Waals surface area contributed by atoms with Crippen LogP contribution in [0.2, 0.25) is 0 Å². The van der Waals surface area contributed by atoms with E-state index in [0.717, 1.165) is 17.5 Å². The van der Waals surface area contributed by atoms with Crippen LogP contribution in [0.15, 0.2) is 72.8 Å². The maximum absolute atomic E-state index is 12.8. The molecule has 0 aliphatic carbocycles. The van der Waals surface area contributed by atoms with Gasteiger partial charge in [0, 0.05) is 16.8 Å². The molecule has 0 bridgehead atoms. The zero-order valence-electron chi connectivity index (χ0n) is 17.0. The molecular formula is C25H23NO4. The summed E-state index contributed by atoms with van der Waals surface area (Å²) in [6.45, 7) is 3.54. The monoisotopic (exact) mass is 401 g/mol. The predicted octanol–water partition coefficient (Wildman–Crippen LogP) is 4.58. The average Bonchev–Trinajstić information content (AvgIpc) is 2.78. The Morgan fingerprint density at radius 2 is 1.47 bits per heavy atom. The van der Waals surface area contributed by atoms with Crippen LogP contribution in [0.4, 0.5) is 5.69 Å². The van der Waals surface area contributed by atoms with Gasteiger partial charge in [-0.25, -0.2) is 4.79 Å². The standard InChI is InChI=1S/C25H23NO4/c1-3-18-10-14-20(15-11-18)26-23(27)16-30-25(29)22-7-5-4-6-21(22)24(28)19-12-8-17(2)9-13-19/h4-15H,3,16H2,1-2H3,(H,26,27). The van der Waals surface area contributed by atoms with Gasteiger partial charge in [0.15, 0.2) is 12.4 Å². The molecule has 0 saturated heterocycles. The highest BCUT2D eigenvalue weighted by molar-refractivity contribution is 6.14. The normalized spacial score (nSPS) is 10.3. The maximum atomic E-state index is 12.8. The van der Waals surface area contributed by atoms with E-state index in [1.54, 1.807) is 42.5 Å². The molecule has 5 nitrogen and oxygen atoms in total. The second-order valence-electron chi connectivity index (χ2n) is 6.92. The number of carbonyl (C=O) groups excluding carboxylic acids is 3. The largest absolute Gasteiger partial charge is 0.452 e. The number of amides is 1. The number of nitrogens with one attached hydrogen (secondary N) is 1. The first-order chi connectivity index (χ1) is 14.5. The van der Waals surface area contributed by atoms with Crippen LogP contribution in [0.5, 0.6) is 0 Å². The number of aryl methyl sites for hydroxylation is 2. The quantitative estimate of drug-likeness (QED) is 0.464. The molecule has 3 rings (SSSR count). The molecule has 0 aliphatic heterocycles. The van der Waals surface area contributed by atoms with Crippen molar-refractivity contribution in [2.75, 3.05) is 11.9 Å². The van der Waals surface area contributed by atoms with Crippen molar-refractivity contribution in [3.63, 3.8) is 0 Å². The van der Waals surface area contributed by atoms with Crippen LogP contribution in [0, 0.1) is 6.92 Å². The summed E-state index contributed by atoms with van der Waals surface area (Å²) in [6.07, 6.45) is 0.909. The van der Waals surface area contributed by atoms with Gasteiger partial charge in [0.1, 0.15) is 0 Å². The smallest absolute Gasteiger partial charge is 0.339 e. The van der Waals surface area contributed by atoms with Crippen LogP contribution in [0.25, 0.3) is 0 Å². The molecule has 0 unspecified atom stereocenters. The van der Waals surface area contributed by atoms with E-state index in [-0.39, 0.29) is 16.9 Å². The molecule has 3 aromatic rings. The number of carbonyl (C=O) groups is 3. The molecule has 30 heavy (non-hydrogen) atoms. The van der Waals surface area contributed by atoms with Crippen molar-refractivity contribution in [3.05, 3.63) is 101 Å². The van der Waals surface area contributed by atoms with Gasteiger partial charge in [-0.1, -0.05) is 67.1 Å². The van der Waals surface area contributed by atoms with Crippen LogP contribution in [-0.4, -0.2) is 24.3 Å². The second kappa shape index (κ2) is 9.65. The van der Waals surface area contributed by atoms with E-state index in [9.17, 15) is 14.4 Å². The van der Waals surface area contributed by atoms with E-state index in [1.165, 1.54) is 6.07 Å². The second-order valence-corrected chi connectivity index (χ2v) is 6.92. The van der Waals surface area contributed by atoms with E-state index in [0.29, 0.717) is 11.3 Å². The first-order valence-corrected chi connectivity index (χ1v) is 9.74. The number of anilines is 1. The Balaban J connectivity index is 1.66. The van der Waals surface area contributed by atoms with E-state index < -0.39 is 18.5 Å². The molecule has 0 fully saturated rings. The SMILES string of the molecule is CCc1ccc(NC(=O)COC(=O)c2ccccc2C(=O)c2ccc(C)cc2)cc1. The highest BCUT2D eigenvalue weighted by Gasteiger charge is 2.20. The lowest BCUT2D eigenvalue weighted by atomic mass is 9.98. The number of hydrogen-bond donors (Lipinski definition) is 1. The molecule has 0 radical (unpaired) electrons. The average molecular weight is 401 g/mol. The highest BCUT2D eigenvalue weighted by Crippen LogP contribution is 2.17. The molecule has 0 aliphatic rings. The van der Waals surface area contributed by atoms with Gasteiger partial charge in [-0.3, -0.25) is 9.59 Å². The first kappa shape index (κ1) is 21.0. The minimum absolute atomic E-state index is 0.128. The lowest BCUT2D eigenvalue weighted by Gasteiger charge is -2.10. The number of esters is 1. The van der Waals surface area contributed by atoms with Crippen LogP contribution >= 0.6 is 0 Å². The van der Waals surface area contributed by atoms with Crippen LogP contribution in [0.1, 0.15) is 44.3 Å². The van der Waals surface area contributed by atoms with Crippen LogP contribution in [0.3, 0.4) is 0 Å². The number of benzene rings is 3. The summed E-state index contributed by atoms with van der Waals surface area (Å²) in [7, 11) is 0. The molecule has 0 heterocycles. The maximum Gasteiger partial charge on any atom is 0.339 e. The van der Waals surface area contributed by atoms with Crippen molar-refractivity contribution >= 4 is 23.3 Å². The van der Waals surface area contributed by atoms with Gasteiger partial charge in [-0.2, -0.15) is 0 Å². The van der Waals surface area contributed by atoms with Gasteiger partial charge in [0.2, 0.25) is 0 Å². The minimum Gasteiger partial charge on any atom is -0.452 e. The van der Waals surface area contributed by atoms with Crippen molar-refractivity contribution < 1.29 is 19.1 Å². The summed E-state index contributed by atoms with van der Waals surface area (Å²) in [6, 6.07) is 21.0. The third-order valence-corrected chi connectivity index (χ3v) is 4.69. The third-order valence-electron chi connectivity index (χ3n) is 4.69. The van der Waals surface area contributed by atoms with Crippen molar-refractivity contribution in [2.45, 2.75) is 20.3 Å². The molecular weight excluding hydrogens is 378 g/mol. The molecule has 0 spiro atoms. The molecule has 0 saturated carbocycles. The van der Waals surface area contributed by atoms with Gasteiger partial charge in [-0.05, 0) is 37.1 Å². The van der Waals surface area contributed by atoms with E-state index in [2.05, 4.69) is 12.2 Å². The topological polar surface area (TPSA) is 72.5 Å². The number of rotatable bonds is 7. The van der Waals surface area contributed by atoms with Crippen molar-refractivity contribution in [2.24, 2.45) is 0 Å². The Kier molecular flexibility index (Phi) is 6.75. The summed E-state index contributed by atoms with van der Waals surface area (Å²) >= 11 is 0. The van der Waals surface area contributed by atoms with Gasteiger partial charge in [-0.15, -0.1) is 0 Å². The fourth-order valence-corrected chi connectivity index (χ4v) is 2.95. The van der Waals surface area contributed by atoms with Crippen LogP contribution in [-0.2, 0) is 16.0 Å². The number of hydrogen-bond acceptors (Lipinski definition) is 4. The van der Waals surface area contributed by atoms with Gasteiger partial charge < -0.3 is 10.1 Å². The summed E-state index contributed by atoms with van der Waals surface area (Å²) in [4.78, 5) is 37.5. The van der Waals surface area contributed by atoms with E-state index in [4.69, 9.17) is 4.74 Å². The Hall–Kier alpha value is -3.73. The van der Waals surface area contributed by atoms with E-state index >= 15 is 0 Å². The van der Waals surface area contributed by atoms with Gasteiger partial charge in [0.25, 0.3) is 5.91 Å². The molecule has 1 N–H and O–H groups in total. The first-order valence-electron chi connectivity index (χ1n) is 9.74. The molecule has 1 amide bonds. The molecule has 0 atom stereocenters. The number of ketones is 1. The number of ether oxygens (including phenoxy) is 1. The minimum atomic E-state index is -0.720. The molecule has 5 heteroatoms.